The van der Waals surface area contributed by atoms with Crippen LogP contribution in [0.1, 0.15) is 54.4 Å². The van der Waals surface area contributed by atoms with E-state index in [2.05, 4.69) is 24.5 Å². The Morgan fingerprint density at radius 3 is 3.00 bits per heavy atom. The van der Waals surface area contributed by atoms with E-state index in [1.807, 2.05) is 23.5 Å². The van der Waals surface area contributed by atoms with Gasteiger partial charge in [0, 0.05) is 36.9 Å². The lowest BCUT2D eigenvalue weighted by atomic mass is 10.0. The van der Waals surface area contributed by atoms with Gasteiger partial charge in [-0.15, -0.1) is 11.3 Å². The highest BCUT2D eigenvalue weighted by molar-refractivity contribution is 7.11. The van der Waals surface area contributed by atoms with Crippen molar-refractivity contribution in [2.24, 2.45) is 4.99 Å². The van der Waals surface area contributed by atoms with Crippen molar-refractivity contribution in [3.63, 3.8) is 0 Å². The highest BCUT2D eigenvalue weighted by Crippen LogP contribution is 2.26. The second-order valence-corrected chi connectivity index (χ2v) is 8.04. The second-order valence-electron chi connectivity index (χ2n) is 6.87. The Kier molecular flexibility index (Phi) is 7.12. The van der Waals surface area contributed by atoms with Crippen LogP contribution >= 0.6 is 11.3 Å². The van der Waals surface area contributed by atoms with Gasteiger partial charge in [-0.2, -0.15) is 0 Å². The van der Waals surface area contributed by atoms with Crippen molar-refractivity contribution in [1.29, 1.82) is 0 Å². The number of aliphatic imine (C=N–C) groups is 1. The molecule has 1 aliphatic carbocycles. The normalized spacial score (nSPS) is 15.5. The number of nitrogens with one attached hydrogen (secondary N) is 2. The van der Waals surface area contributed by atoms with Gasteiger partial charge >= 0.3 is 0 Å². The molecule has 26 heavy (non-hydrogen) atoms. The number of furan rings is 1. The monoisotopic (exact) mass is 374 g/mol. The van der Waals surface area contributed by atoms with Gasteiger partial charge in [0.05, 0.1) is 17.0 Å². The number of thiazole rings is 1. The molecular weight excluding hydrogens is 344 g/mol. The number of aryl methyl sites for hydroxylation is 2. The molecule has 0 amide bonds. The third-order valence-electron chi connectivity index (χ3n) is 4.72. The molecule has 142 valence electrons. The maximum absolute atomic E-state index is 5.39. The van der Waals surface area contributed by atoms with E-state index in [1.54, 1.807) is 6.26 Å². The highest BCUT2D eigenvalue weighted by Gasteiger charge is 2.14. The van der Waals surface area contributed by atoms with Gasteiger partial charge in [-0.25, -0.2) is 4.98 Å². The molecule has 0 saturated heterocycles. The molecule has 6 heteroatoms. The van der Waals surface area contributed by atoms with E-state index in [1.165, 1.54) is 34.8 Å². The van der Waals surface area contributed by atoms with Gasteiger partial charge < -0.3 is 15.1 Å². The molecule has 1 atom stereocenters. The van der Waals surface area contributed by atoms with E-state index in [4.69, 9.17) is 14.4 Å². The van der Waals surface area contributed by atoms with Gasteiger partial charge in [0.2, 0.25) is 0 Å². The van der Waals surface area contributed by atoms with Crippen LogP contribution in [0.5, 0.6) is 0 Å². The van der Waals surface area contributed by atoms with Crippen LogP contribution in [0.25, 0.3) is 0 Å². The zero-order chi connectivity index (χ0) is 18.2. The number of rotatable bonds is 8. The number of nitrogens with zero attached hydrogens (tertiary/aromatic N) is 2. The van der Waals surface area contributed by atoms with Crippen LogP contribution in [-0.4, -0.2) is 30.1 Å². The van der Waals surface area contributed by atoms with Crippen molar-refractivity contribution < 1.29 is 4.42 Å². The molecule has 2 N–H and O–H groups in total. The minimum atomic E-state index is 0.400. The largest absolute Gasteiger partial charge is 0.469 e. The molecule has 2 aromatic heterocycles. The topological polar surface area (TPSA) is 62.5 Å². The lowest BCUT2D eigenvalue weighted by molar-refractivity contribution is 0.506. The lowest BCUT2D eigenvalue weighted by Gasteiger charge is -2.16. The van der Waals surface area contributed by atoms with Crippen LogP contribution in [0.4, 0.5) is 0 Å². The molecule has 0 aromatic carbocycles. The summed E-state index contributed by atoms with van der Waals surface area (Å²) in [5, 5.41) is 8.13. The van der Waals surface area contributed by atoms with Crippen LogP contribution in [0.2, 0.25) is 0 Å². The summed E-state index contributed by atoms with van der Waals surface area (Å²) >= 11 is 1.89. The molecular formula is C20H30N4OS. The Morgan fingerprint density at radius 1 is 1.35 bits per heavy atom. The first-order chi connectivity index (χ1) is 12.7. The van der Waals surface area contributed by atoms with Crippen molar-refractivity contribution in [1.82, 2.24) is 15.6 Å². The molecule has 0 saturated carbocycles. The minimum absolute atomic E-state index is 0.400. The molecule has 0 spiro atoms. The predicted octanol–water partition coefficient (Wildman–Crippen LogP) is 3.73. The van der Waals surface area contributed by atoms with Gasteiger partial charge in [0.15, 0.2) is 5.96 Å². The Bertz CT molecular complexity index is 669. The summed E-state index contributed by atoms with van der Waals surface area (Å²) in [6.07, 6.45) is 9.53. The Morgan fingerprint density at radius 2 is 2.23 bits per heavy atom. The first-order valence-corrected chi connectivity index (χ1v) is 10.6. The average Bonchev–Trinajstić information content (AvgIpc) is 3.30. The van der Waals surface area contributed by atoms with E-state index >= 15 is 0 Å². The molecule has 2 heterocycles. The number of hydrogen-bond donors (Lipinski definition) is 2. The standard InChI is InChI=1S/C20H30N4OS/c1-3-15(2)23-20(21-12-10-16-7-6-14-25-16)22-13-11-19-24-17-8-4-5-9-18(17)26-19/h6-7,14-15H,3-5,8-13H2,1-2H3,(H2,21,22,23). The van der Waals surface area contributed by atoms with Crippen molar-refractivity contribution in [3.05, 3.63) is 39.7 Å². The summed E-state index contributed by atoms with van der Waals surface area (Å²) in [6, 6.07) is 4.33. The van der Waals surface area contributed by atoms with Crippen molar-refractivity contribution in [2.75, 3.05) is 13.1 Å². The minimum Gasteiger partial charge on any atom is -0.469 e. The van der Waals surface area contributed by atoms with Crippen molar-refractivity contribution in [2.45, 2.75) is 64.8 Å². The van der Waals surface area contributed by atoms with Crippen molar-refractivity contribution >= 4 is 17.3 Å². The summed E-state index contributed by atoms with van der Waals surface area (Å²) in [5.41, 5.74) is 1.34. The molecule has 0 radical (unpaired) electrons. The van der Waals surface area contributed by atoms with E-state index in [0.29, 0.717) is 6.04 Å². The summed E-state index contributed by atoms with van der Waals surface area (Å²) in [7, 11) is 0. The Balaban J connectivity index is 1.51. The zero-order valence-corrected chi connectivity index (χ0v) is 16.7. The number of fused-ring (bicyclic) bond motifs is 1. The van der Waals surface area contributed by atoms with Gasteiger partial charge in [0.25, 0.3) is 0 Å². The zero-order valence-electron chi connectivity index (χ0n) is 15.9. The summed E-state index contributed by atoms with van der Waals surface area (Å²) in [5.74, 6) is 1.88. The van der Waals surface area contributed by atoms with Gasteiger partial charge in [-0.1, -0.05) is 6.92 Å². The van der Waals surface area contributed by atoms with E-state index in [0.717, 1.165) is 50.5 Å². The van der Waals surface area contributed by atoms with E-state index in [-0.39, 0.29) is 0 Å². The smallest absolute Gasteiger partial charge is 0.191 e. The van der Waals surface area contributed by atoms with E-state index < -0.39 is 0 Å². The summed E-state index contributed by atoms with van der Waals surface area (Å²) in [6.45, 7) is 5.93. The van der Waals surface area contributed by atoms with E-state index in [9.17, 15) is 0 Å². The molecule has 1 aliphatic rings. The van der Waals surface area contributed by atoms with Crippen LogP contribution in [-0.2, 0) is 25.7 Å². The quantitative estimate of drug-likeness (QED) is 0.546. The molecule has 0 aliphatic heterocycles. The fourth-order valence-corrected chi connectivity index (χ4v) is 4.17. The highest BCUT2D eigenvalue weighted by atomic mass is 32.1. The maximum atomic E-state index is 5.39. The third kappa shape index (κ3) is 5.59. The van der Waals surface area contributed by atoms with Crippen LogP contribution in [0.3, 0.4) is 0 Å². The average molecular weight is 375 g/mol. The van der Waals surface area contributed by atoms with Gasteiger partial charge in [-0.05, 0) is 51.2 Å². The van der Waals surface area contributed by atoms with Crippen LogP contribution < -0.4 is 10.6 Å². The first-order valence-electron chi connectivity index (χ1n) is 9.79. The Labute approximate surface area is 160 Å². The van der Waals surface area contributed by atoms with Crippen LogP contribution in [0.15, 0.2) is 27.8 Å². The molecule has 0 fully saturated rings. The molecule has 1 unspecified atom stereocenters. The number of aromatic nitrogens is 1. The van der Waals surface area contributed by atoms with Crippen LogP contribution in [0, 0.1) is 0 Å². The fraction of sp³-hybridized carbons (Fsp3) is 0.600. The SMILES string of the molecule is CCC(C)NC(=NCCc1nc2c(s1)CCCC2)NCCc1ccco1. The molecule has 2 aromatic rings. The summed E-state index contributed by atoms with van der Waals surface area (Å²) in [4.78, 5) is 11.1. The maximum Gasteiger partial charge on any atom is 0.191 e. The fourth-order valence-electron chi connectivity index (χ4n) is 3.02. The molecule has 0 bridgehead atoms. The first kappa shape index (κ1) is 19.0. The number of hydrogen-bond acceptors (Lipinski definition) is 4. The van der Waals surface area contributed by atoms with Crippen molar-refractivity contribution in [3.8, 4) is 0 Å². The lowest BCUT2D eigenvalue weighted by Crippen LogP contribution is -2.43. The Hall–Kier alpha value is -1.82. The second kappa shape index (κ2) is 9.76. The summed E-state index contributed by atoms with van der Waals surface area (Å²) < 4.78 is 5.39. The number of guanidine groups is 1. The molecule has 3 rings (SSSR count). The third-order valence-corrected chi connectivity index (χ3v) is 5.94. The van der Waals surface area contributed by atoms with Gasteiger partial charge in [-0.3, -0.25) is 4.99 Å². The van der Waals surface area contributed by atoms with Gasteiger partial charge in [0.1, 0.15) is 5.76 Å². The molecule has 5 nitrogen and oxygen atoms in total. The predicted molar refractivity (Wildman–Crippen MR) is 108 cm³/mol.